The van der Waals surface area contributed by atoms with Gasteiger partial charge in [-0.25, -0.2) is 0 Å². The van der Waals surface area contributed by atoms with Gasteiger partial charge in [0, 0.05) is 25.9 Å². The van der Waals surface area contributed by atoms with Crippen molar-refractivity contribution in [3.63, 3.8) is 0 Å². The molecule has 1 amide bonds. The molecule has 0 saturated carbocycles. The van der Waals surface area contributed by atoms with Crippen LogP contribution in [0.3, 0.4) is 0 Å². The number of hydrogen-bond donors (Lipinski definition) is 1. The molecule has 0 aromatic heterocycles. The molecule has 6 unspecified atom stereocenters. The Balaban J connectivity index is -0.000000211. The minimum atomic E-state index is -0.706. The number of amides is 1. The SMILES string of the molecule is CCC(C)(C)C#N.CCC(C)C#N.CCC(C)C(=O)N(C)C.CCC(C)C(=O)O.CCC(C)C(=O)OCCOc1ccccc1.CCCCC(CC)COC(=O)C(C)CC. The fourth-order valence-electron chi connectivity index (χ4n) is 3.49. The molecule has 11 heteroatoms. The van der Waals surface area contributed by atoms with E-state index in [0.717, 1.165) is 50.7 Å². The Morgan fingerprint density at radius 2 is 1.18 bits per heavy atom. The fourth-order valence-corrected chi connectivity index (χ4v) is 3.49. The van der Waals surface area contributed by atoms with Crippen LogP contribution in [-0.4, -0.2) is 67.7 Å². The van der Waals surface area contributed by atoms with Crippen molar-refractivity contribution in [1.29, 1.82) is 10.5 Å². The topological polar surface area (TPSA) is 167 Å². The highest BCUT2D eigenvalue weighted by Gasteiger charge is 2.15. The van der Waals surface area contributed by atoms with Crippen LogP contribution in [0.2, 0.25) is 0 Å². The quantitative estimate of drug-likeness (QED) is 0.0985. The van der Waals surface area contributed by atoms with Crippen molar-refractivity contribution in [2.24, 2.45) is 40.9 Å². The van der Waals surface area contributed by atoms with Crippen LogP contribution in [0, 0.1) is 63.6 Å². The van der Waals surface area contributed by atoms with E-state index in [1.807, 2.05) is 113 Å². The number of rotatable bonds is 20. The van der Waals surface area contributed by atoms with E-state index in [1.165, 1.54) is 19.3 Å². The van der Waals surface area contributed by atoms with Crippen LogP contribution in [0.1, 0.15) is 168 Å². The van der Waals surface area contributed by atoms with Gasteiger partial charge in [0.25, 0.3) is 0 Å². The molecule has 1 N–H and O–H groups in total. The Hall–Kier alpha value is -4.12. The molecule has 348 valence electrons. The Labute approximate surface area is 367 Å². The van der Waals surface area contributed by atoms with Crippen LogP contribution in [0.15, 0.2) is 30.3 Å². The molecule has 0 aliphatic carbocycles. The van der Waals surface area contributed by atoms with Crippen LogP contribution in [0.25, 0.3) is 0 Å². The number of unbranched alkanes of at least 4 members (excludes halogenated alkanes) is 1. The lowest BCUT2D eigenvalue weighted by Crippen LogP contribution is -2.27. The first kappa shape index (κ1) is 65.0. The zero-order chi connectivity index (χ0) is 47.7. The summed E-state index contributed by atoms with van der Waals surface area (Å²) in [4.78, 5) is 45.3. The number of carboxylic acid groups (broad SMARTS) is 1. The van der Waals surface area contributed by atoms with Gasteiger partial charge in [-0.2, -0.15) is 10.5 Å². The second-order valence-corrected chi connectivity index (χ2v) is 16.0. The average molecular weight is 848 g/mol. The number of para-hydroxylation sites is 1. The van der Waals surface area contributed by atoms with Crippen LogP contribution in [0.5, 0.6) is 5.75 Å². The van der Waals surface area contributed by atoms with E-state index >= 15 is 0 Å². The summed E-state index contributed by atoms with van der Waals surface area (Å²) >= 11 is 0. The lowest BCUT2D eigenvalue weighted by atomic mass is 9.93. The molecule has 0 bridgehead atoms. The first-order valence-corrected chi connectivity index (χ1v) is 22.4. The molecular formula is C49H89N3O8. The van der Waals surface area contributed by atoms with Crippen molar-refractivity contribution in [2.75, 3.05) is 33.9 Å². The molecule has 0 aliphatic heterocycles. The van der Waals surface area contributed by atoms with Gasteiger partial charge in [0.2, 0.25) is 5.91 Å². The van der Waals surface area contributed by atoms with E-state index in [-0.39, 0.29) is 52.9 Å². The lowest BCUT2D eigenvalue weighted by molar-refractivity contribution is -0.150. The Morgan fingerprint density at radius 3 is 1.47 bits per heavy atom. The van der Waals surface area contributed by atoms with E-state index in [1.54, 1.807) is 25.9 Å². The first-order valence-electron chi connectivity index (χ1n) is 22.4. The number of carbonyl (C=O) groups excluding carboxylic acids is 3. The van der Waals surface area contributed by atoms with Crippen molar-refractivity contribution >= 4 is 23.8 Å². The van der Waals surface area contributed by atoms with Crippen LogP contribution >= 0.6 is 0 Å². The van der Waals surface area contributed by atoms with E-state index in [0.29, 0.717) is 25.7 Å². The zero-order valence-corrected chi connectivity index (χ0v) is 41.2. The van der Waals surface area contributed by atoms with Gasteiger partial charge >= 0.3 is 17.9 Å². The van der Waals surface area contributed by atoms with Gasteiger partial charge in [-0.1, -0.05) is 121 Å². The van der Waals surface area contributed by atoms with Crippen molar-refractivity contribution in [1.82, 2.24) is 4.90 Å². The summed E-state index contributed by atoms with van der Waals surface area (Å²) < 4.78 is 15.8. The predicted molar refractivity (Wildman–Crippen MR) is 246 cm³/mol. The highest BCUT2D eigenvalue weighted by Crippen LogP contribution is 2.16. The highest BCUT2D eigenvalue weighted by atomic mass is 16.6. The van der Waals surface area contributed by atoms with Crippen molar-refractivity contribution in [3.05, 3.63) is 30.3 Å². The second kappa shape index (κ2) is 43.0. The van der Waals surface area contributed by atoms with Crippen molar-refractivity contribution < 1.29 is 38.5 Å². The standard InChI is InChI=1S/C13H18O3.C13H26O2.C7H15NO.C6H11N.C5H9N.C5H10O2/c1-3-11(2)13(14)16-10-9-15-12-7-5-4-6-8-12;1-5-8-9-12(7-3)10-15-13(14)11(4)6-2;1-5-6(2)7(9)8(3)4;1-4-6(2,3)5-7;1-3-5(2)4-6;1-3-4(2)5(6)7/h4-8,11H,3,9-10H2,1-2H3;11-12H,5-10H2,1-4H3;6H,5H2,1-4H3;4H2,1-3H3;5H,3H2,1-2H3;4H,3H2,1-2H3,(H,6,7). The van der Waals surface area contributed by atoms with Gasteiger partial charge in [0.05, 0.1) is 41.9 Å². The number of nitriles is 2. The number of nitrogens with zero attached hydrogens (tertiary/aromatic N) is 3. The normalized spacial score (nSPS) is 12.8. The Bertz CT molecular complexity index is 1270. The van der Waals surface area contributed by atoms with Crippen molar-refractivity contribution in [3.8, 4) is 17.9 Å². The van der Waals surface area contributed by atoms with Gasteiger partial charge in [-0.15, -0.1) is 0 Å². The van der Waals surface area contributed by atoms with Crippen molar-refractivity contribution in [2.45, 2.75) is 168 Å². The maximum atomic E-state index is 11.4. The molecule has 0 saturated heterocycles. The lowest BCUT2D eigenvalue weighted by Gasteiger charge is -2.16. The van der Waals surface area contributed by atoms with Crippen LogP contribution < -0.4 is 4.74 Å². The molecule has 1 rings (SSSR count). The summed E-state index contributed by atoms with van der Waals surface area (Å²) in [6.07, 6.45) is 9.96. The van der Waals surface area contributed by atoms with Gasteiger partial charge < -0.3 is 24.2 Å². The monoisotopic (exact) mass is 848 g/mol. The number of carboxylic acids is 1. The third-order valence-electron chi connectivity index (χ3n) is 9.90. The molecule has 0 heterocycles. The van der Waals surface area contributed by atoms with Gasteiger partial charge in [0.15, 0.2) is 0 Å². The highest BCUT2D eigenvalue weighted by molar-refractivity contribution is 5.77. The largest absolute Gasteiger partial charge is 0.490 e. The summed E-state index contributed by atoms with van der Waals surface area (Å²) in [5.41, 5.74) is -0.111. The zero-order valence-electron chi connectivity index (χ0n) is 41.2. The summed E-state index contributed by atoms with van der Waals surface area (Å²) in [5.74, 6) is 0.932. The summed E-state index contributed by atoms with van der Waals surface area (Å²) in [6, 6.07) is 13.8. The smallest absolute Gasteiger partial charge is 0.308 e. The molecular weight excluding hydrogens is 759 g/mol. The summed E-state index contributed by atoms with van der Waals surface area (Å²) in [7, 11) is 3.57. The maximum Gasteiger partial charge on any atom is 0.308 e. The molecule has 0 aliphatic rings. The minimum Gasteiger partial charge on any atom is -0.490 e. The third-order valence-corrected chi connectivity index (χ3v) is 9.90. The molecule has 0 spiro atoms. The predicted octanol–water partition coefficient (Wildman–Crippen LogP) is 12.2. The summed E-state index contributed by atoms with van der Waals surface area (Å²) in [6.45, 7) is 30.8. The number of aliphatic carboxylic acids is 1. The number of ether oxygens (including phenoxy) is 3. The van der Waals surface area contributed by atoms with Crippen LogP contribution in [-0.2, 0) is 28.7 Å². The van der Waals surface area contributed by atoms with E-state index in [4.69, 9.17) is 29.8 Å². The van der Waals surface area contributed by atoms with Gasteiger partial charge in [-0.05, 0) is 83.8 Å². The summed E-state index contributed by atoms with van der Waals surface area (Å²) in [5, 5.41) is 24.6. The molecule has 0 radical (unpaired) electrons. The van der Waals surface area contributed by atoms with E-state index in [2.05, 4.69) is 26.0 Å². The van der Waals surface area contributed by atoms with Gasteiger partial charge in [-0.3, -0.25) is 19.2 Å². The molecule has 1 aromatic rings. The Morgan fingerprint density at radius 1 is 0.700 bits per heavy atom. The number of benzene rings is 1. The second-order valence-electron chi connectivity index (χ2n) is 16.0. The van der Waals surface area contributed by atoms with Gasteiger partial charge in [0.1, 0.15) is 19.0 Å². The average Bonchev–Trinajstić information content (AvgIpc) is 3.27. The Kier molecular flexibility index (Phi) is 46.6. The molecule has 60 heavy (non-hydrogen) atoms. The number of hydrogen-bond acceptors (Lipinski definition) is 9. The number of carbonyl (C=O) groups is 4. The van der Waals surface area contributed by atoms with E-state index in [9.17, 15) is 19.2 Å². The minimum absolute atomic E-state index is 0.0308. The fraction of sp³-hybridized carbons (Fsp3) is 0.755. The van der Waals surface area contributed by atoms with E-state index < -0.39 is 5.97 Å². The maximum absolute atomic E-state index is 11.4. The van der Waals surface area contributed by atoms with Crippen LogP contribution in [0.4, 0.5) is 0 Å². The third kappa shape index (κ3) is 42.0. The molecule has 11 nitrogen and oxygen atoms in total. The number of esters is 2. The molecule has 1 aromatic carbocycles. The first-order chi connectivity index (χ1) is 28.1. The molecule has 0 fully saturated rings. The molecule has 6 atom stereocenters.